The van der Waals surface area contributed by atoms with E-state index in [0.29, 0.717) is 5.39 Å². The molecule has 2 aromatic rings. The van der Waals surface area contributed by atoms with E-state index >= 15 is 0 Å². The Balaban J connectivity index is 0.000000606. The summed E-state index contributed by atoms with van der Waals surface area (Å²) in [6.07, 6.45) is 3.26. The molecular formula is C14H18FN. The molecule has 16 heavy (non-hydrogen) atoms. The van der Waals surface area contributed by atoms with Gasteiger partial charge >= 0.3 is 0 Å². The number of hydrogen-bond acceptors (Lipinski definition) is 1. The number of fused-ring (bicyclic) bond motifs is 1. The van der Waals surface area contributed by atoms with E-state index < -0.39 is 0 Å². The number of benzene rings is 1. The molecule has 1 heterocycles. The van der Waals surface area contributed by atoms with E-state index in [1.165, 1.54) is 0 Å². The van der Waals surface area contributed by atoms with Crippen LogP contribution in [0.1, 0.15) is 39.2 Å². The van der Waals surface area contributed by atoms with Gasteiger partial charge in [0.1, 0.15) is 5.82 Å². The van der Waals surface area contributed by atoms with Crippen molar-refractivity contribution in [2.24, 2.45) is 0 Å². The number of aromatic nitrogens is 1. The molecule has 0 aliphatic rings. The Morgan fingerprint density at radius 3 is 2.44 bits per heavy atom. The average molecular weight is 219 g/mol. The molecule has 0 fully saturated rings. The van der Waals surface area contributed by atoms with Crippen LogP contribution in [0.15, 0.2) is 30.6 Å². The highest BCUT2D eigenvalue weighted by Crippen LogP contribution is 2.25. The zero-order chi connectivity index (χ0) is 12.1. The third-order valence-electron chi connectivity index (χ3n) is 2.41. The van der Waals surface area contributed by atoms with Crippen molar-refractivity contribution in [3.05, 3.63) is 42.0 Å². The molecule has 0 bridgehead atoms. The highest BCUT2D eigenvalue weighted by atomic mass is 19.1. The van der Waals surface area contributed by atoms with Crippen LogP contribution in [0.5, 0.6) is 0 Å². The largest absolute Gasteiger partial charge is 0.264 e. The zero-order valence-corrected chi connectivity index (χ0v) is 10.3. The topological polar surface area (TPSA) is 12.9 Å². The molecule has 0 spiro atoms. The Morgan fingerprint density at radius 2 is 1.81 bits per heavy atom. The summed E-state index contributed by atoms with van der Waals surface area (Å²) in [6.45, 7) is 7.97. The van der Waals surface area contributed by atoms with Gasteiger partial charge in [0.2, 0.25) is 0 Å². The minimum absolute atomic E-state index is 0.134. The Kier molecular flexibility index (Phi) is 4.41. The van der Waals surface area contributed by atoms with Gasteiger partial charge in [-0.05, 0) is 22.9 Å². The molecule has 0 unspecified atom stereocenters. The van der Waals surface area contributed by atoms with Crippen LogP contribution in [0.4, 0.5) is 4.39 Å². The van der Waals surface area contributed by atoms with Crippen molar-refractivity contribution in [3.63, 3.8) is 0 Å². The SMILES string of the molecule is CC.CC(C)c1ccc2ccncc2c1F. The smallest absolute Gasteiger partial charge is 0.136 e. The van der Waals surface area contributed by atoms with Crippen molar-refractivity contribution >= 4 is 10.8 Å². The number of hydrogen-bond donors (Lipinski definition) is 0. The molecule has 0 saturated carbocycles. The van der Waals surface area contributed by atoms with Gasteiger partial charge in [-0.3, -0.25) is 4.98 Å². The Labute approximate surface area is 96.3 Å². The monoisotopic (exact) mass is 219 g/mol. The highest BCUT2D eigenvalue weighted by molar-refractivity contribution is 5.82. The fourth-order valence-corrected chi connectivity index (χ4v) is 1.59. The van der Waals surface area contributed by atoms with Crippen molar-refractivity contribution in [2.45, 2.75) is 33.6 Å². The van der Waals surface area contributed by atoms with Crippen LogP contribution in [0.3, 0.4) is 0 Å². The van der Waals surface area contributed by atoms with Gasteiger partial charge in [0.25, 0.3) is 0 Å². The summed E-state index contributed by atoms with van der Waals surface area (Å²) >= 11 is 0. The third-order valence-corrected chi connectivity index (χ3v) is 2.41. The molecule has 0 N–H and O–H groups in total. The van der Waals surface area contributed by atoms with Gasteiger partial charge in [-0.1, -0.05) is 39.8 Å². The van der Waals surface area contributed by atoms with Crippen LogP contribution >= 0.6 is 0 Å². The van der Waals surface area contributed by atoms with Crippen LogP contribution in [0, 0.1) is 5.82 Å². The first-order chi connectivity index (χ1) is 7.70. The molecular weight excluding hydrogens is 201 g/mol. The maximum absolute atomic E-state index is 13.9. The third kappa shape index (κ3) is 2.38. The van der Waals surface area contributed by atoms with Gasteiger partial charge in [0, 0.05) is 17.8 Å². The van der Waals surface area contributed by atoms with Gasteiger partial charge in [0.15, 0.2) is 0 Å². The molecule has 0 radical (unpaired) electrons. The lowest BCUT2D eigenvalue weighted by molar-refractivity contribution is 0.609. The van der Waals surface area contributed by atoms with Crippen molar-refractivity contribution in [1.82, 2.24) is 4.98 Å². The molecule has 1 aromatic heterocycles. The minimum Gasteiger partial charge on any atom is -0.264 e. The second-order valence-corrected chi connectivity index (χ2v) is 3.72. The van der Waals surface area contributed by atoms with E-state index in [0.717, 1.165) is 10.9 Å². The lowest BCUT2D eigenvalue weighted by atomic mass is 9.99. The van der Waals surface area contributed by atoms with Gasteiger partial charge in [-0.15, -0.1) is 0 Å². The van der Waals surface area contributed by atoms with Crippen molar-refractivity contribution < 1.29 is 4.39 Å². The van der Waals surface area contributed by atoms with Crippen LogP contribution in [0.25, 0.3) is 10.8 Å². The minimum atomic E-state index is -0.134. The summed E-state index contributed by atoms with van der Waals surface area (Å²) in [5, 5.41) is 1.51. The maximum Gasteiger partial charge on any atom is 0.136 e. The molecule has 2 heteroatoms. The fourth-order valence-electron chi connectivity index (χ4n) is 1.59. The molecule has 1 nitrogen and oxygen atoms in total. The van der Waals surface area contributed by atoms with Gasteiger partial charge in [0.05, 0.1) is 0 Å². The van der Waals surface area contributed by atoms with E-state index in [1.807, 2.05) is 45.9 Å². The molecule has 2 rings (SSSR count). The predicted octanol–water partition coefficient (Wildman–Crippen LogP) is 4.52. The van der Waals surface area contributed by atoms with Gasteiger partial charge < -0.3 is 0 Å². The first kappa shape index (κ1) is 12.6. The second-order valence-electron chi connectivity index (χ2n) is 3.72. The molecule has 0 aliphatic carbocycles. The summed E-state index contributed by atoms with van der Waals surface area (Å²) in [6, 6.07) is 5.61. The molecule has 0 saturated heterocycles. The molecule has 1 aromatic carbocycles. The number of nitrogens with zero attached hydrogens (tertiary/aromatic N) is 1. The van der Waals surface area contributed by atoms with Crippen LogP contribution in [-0.4, -0.2) is 4.98 Å². The van der Waals surface area contributed by atoms with Gasteiger partial charge in [-0.25, -0.2) is 4.39 Å². The van der Waals surface area contributed by atoms with Crippen LogP contribution in [0.2, 0.25) is 0 Å². The highest BCUT2D eigenvalue weighted by Gasteiger charge is 2.09. The summed E-state index contributed by atoms with van der Waals surface area (Å²) < 4.78 is 13.9. The number of pyridine rings is 1. The Morgan fingerprint density at radius 1 is 1.12 bits per heavy atom. The standard InChI is InChI=1S/C12H12FN.C2H6/c1-8(2)10-4-3-9-5-6-14-7-11(9)12(10)13;1-2/h3-8H,1-2H3;1-2H3. The quantitative estimate of drug-likeness (QED) is 0.687. The van der Waals surface area contributed by atoms with Crippen molar-refractivity contribution in [2.75, 3.05) is 0 Å². The first-order valence-electron chi connectivity index (χ1n) is 5.72. The second kappa shape index (κ2) is 5.59. The first-order valence-corrected chi connectivity index (χ1v) is 5.72. The van der Waals surface area contributed by atoms with E-state index in [2.05, 4.69) is 4.98 Å². The van der Waals surface area contributed by atoms with Crippen molar-refractivity contribution in [3.8, 4) is 0 Å². The molecule has 0 atom stereocenters. The lowest BCUT2D eigenvalue weighted by Gasteiger charge is -2.08. The molecule has 0 amide bonds. The lowest BCUT2D eigenvalue weighted by Crippen LogP contribution is -1.94. The summed E-state index contributed by atoms with van der Waals surface area (Å²) in [5.41, 5.74) is 0.755. The number of halogens is 1. The molecule has 86 valence electrons. The maximum atomic E-state index is 13.9. The normalized spacial score (nSPS) is 10.1. The number of rotatable bonds is 1. The summed E-state index contributed by atoms with van der Waals surface area (Å²) in [5.74, 6) is 0.0743. The van der Waals surface area contributed by atoms with E-state index in [4.69, 9.17) is 0 Å². The van der Waals surface area contributed by atoms with E-state index in [-0.39, 0.29) is 11.7 Å². The predicted molar refractivity (Wildman–Crippen MR) is 67.1 cm³/mol. The van der Waals surface area contributed by atoms with Crippen LogP contribution in [-0.2, 0) is 0 Å². The summed E-state index contributed by atoms with van der Waals surface area (Å²) in [7, 11) is 0. The molecule has 0 aliphatic heterocycles. The van der Waals surface area contributed by atoms with Gasteiger partial charge in [-0.2, -0.15) is 0 Å². The Bertz CT molecular complexity index is 463. The summed E-state index contributed by atoms with van der Waals surface area (Å²) in [4.78, 5) is 3.93. The zero-order valence-electron chi connectivity index (χ0n) is 10.3. The Hall–Kier alpha value is -1.44. The van der Waals surface area contributed by atoms with E-state index in [9.17, 15) is 4.39 Å². The fraction of sp³-hybridized carbons (Fsp3) is 0.357. The van der Waals surface area contributed by atoms with Crippen LogP contribution < -0.4 is 0 Å². The average Bonchev–Trinajstić information content (AvgIpc) is 2.32. The van der Waals surface area contributed by atoms with E-state index in [1.54, 1.807) is 12.4 Å². The van der Waals surface area contributed by atoms with Crippen molar-refractivity contribution in [1.29, 1.82) is 0 Å².